The van der Waals surface area contributed by atoms with E-state index < -0.39 is 34.3 Å². The summed E-state index contributed by atoms with van der Waals surface area (Å²) in [6.07, 6.45) is -5.97. The Balaban J connectivity index is 0.000000473. The zero-order valence-corrected chi connectivity index (χ0v) is 15.0. The van der Waals surface area contributed by atoms with E-state index in [1.54, 1.807) is 18.3 Å². The first-order valence-corrected chi connectivity index (χ1v) is 8.73. The number of carboxylic acids is 2. The van der Waals surface area contributed by atoms with Gasteiger partial charge >= 0.3 is 24.3 Å². The minimum atomic E-state index is -5.08. The molecule has 0 fully saturated rings. The van der Waals surface area contributed by atoms with Gasteiger partial charge in [0.15, 0.2) is 5.65 Å². The van der Waals surface area contributed by atoms with Crippen molar-refractivity contribution < 1.29 is 54.6 Å². The molecule has 0 aliphatic rings. The lowest BCUT2D eigenvalue weighted by Crippen LogP contribution is -2.21. The predicted octanol–water partition coefficient (Wildman–Crippen LogP) is 1.57. The minimum absolute atomic E-state index is 0.368. The molecule has 0 aromatic carbocycles. The van der Waals surface area contributed by atoms with Crippen LogP contribution in [-0.2, 0) is 26.2 Å². The fourth-order valence-electron chi connectivity index (χ4n) is 1.52. The number of aliphatic carboxylic acids is 2. The number of nitrogens with zero attached hydrogens (tertiary/aromatic N) is 2. The first kappa shape index (κ1) is 26.1. The van der Waals surface area contributed by atoms with Crippen LogP contribution in [0.1, 0.15) is 5.56 Å². The molecule has 0 spiro atoms. The quantitative estimate of drug-likeness (QED) is 0.580. The summed E-state index contributed by atoms with van der Waals surface area (Å²) >= 11 is 0. The number of pyridine rings is 1. The SMILES string of the molecule is CS(=O)(=O)n1ccc2c(CN)ccnc21.O=C(O)C(F)(F)F.O=C(O)C(F)(F)F. The molecule has 16 heteroatoms. The molecule has 4 N–H and O–H groups in total. The molecule has 0 bridgehead atoms. The van der Waals surface area contributed by atoms with E-state index in [0.717, 1.165) is 21.2 Å². The third kappa shape index (κ3) is 8.34. The lowest BCUT2D eigenvalue weighted by atomic mass is 10.2. The lowest BCUT2D eigenvalue weighted by molar-refractivity contribution is -0.193. The largest absolute Gasteiger partial charge is 0.490 e. The zero-order valence-electron chi connectivity index (χ0n) is 14.2. The van der Waals surface area contributed by atoms with E-state index in [1.165, 1.54) is 6.20 Å². The highest BCUT2D eigenvalue weighted by molar-refractivity contribution is 7.89. The summed E-state index contributed by atoms with van der Waals surface area (Å²) in [5, 5.41) is 15.0. The maximum atomic E-state index is 11.4. The number of fused-ring (bicyclic) bond motifs is 1. The molecule has 2 aromatic heterocycles. The number of halogens is 6. The third-order valence-corrected chi connectivity index (χ3v) is 3.72. The van der Waals surface area contributed by atoms with Crippen LogP contribution in [0.5, 0.6) is 0 Å². The summed E-state index contributed by atoms with van der Waals surface area (Å²) in [5.74, 6) is -5.51. The third-order valence-electron chi connectivity index (χ3n) is 2.71. The lowest BCUT2D eigenvalue weighted by Gasteiger charge is -2.02. The molecular weight excluding hydrogens is 440 g/mol. The highest BCUT2D eigenvalue weighted by atomic mass is 32.2. The van der Waals surface area contributed by atoms with Crippen molar-refractivity contribution >= 4 is 33.0 Å². The zero-order chi connectivity index (χ0) is 23.2. The molecule has 2 aromatic rings. The van der Waals surface area contributed by atoms with Crippen molar-refractivity contribution in [3.8, 4) is 0 Å². The van der Waals surface area contributed by atoms with Gasteiger partial charge in [-0.1, -0.05) is 0 Å². The maximum Gasteiger partial charge on any atom is 0.490 e. The Morgan fingerprint density at radius 1 is 1.07 bits per heavy atom. The Morgan fingerprint density at radius 2 is 1.48 bits per heavy atom. The Morgan fingerprint density at radius 3 is 1.79 bits per heavy atom. The molecule has 0 saturated heterocycles. The summed E-state index contributed by atoms with van der Waals surface area (Å²) in [5.41, 5.74) is 6.87. The standard InChI is InChI=1S/C9H11N3O2S.2C2HF3O2/c1-15(13,14)12-5-3-8-7(6-10)2-4-11-9(8)12;2*3-2(4,5)1(6)7/h2-5H,6,10H2,1H3;2*(H,6,7). The number of nitrogens with two attached hydrogens (primary N) is 1. The average Bonchev–Trinajstić information content (AvgIpc) is 2.98. The summed E-state index contributed by atoms with van der Waals surface area (Å²) in [6.45, 7) is 0.368. The van der Waals surface area contributed by atoms with Crippen molar-refractivity contribution in [3.05, 3.63) is 30.1 Å². The van der Waals surface area contributed by atoms with E-state index in [2.05, 4.69) is 4.98 Å². The Kier molecular flexibility index (Phi) is 8.60. The molecule has 9 nitrogen and oxygen atoms in total. The number of hydrogen-bond acceptors (Lipinski definition) is 6. The van der Waals surface area contributed by atoms with E-state index in [1.807, 2.05) is 0 Å². The van der Waals surface area contributed by atoms with Gasteiger partial charge in [0, 0.05) is 24.3 Å². The van der Waals surface area contributed by atoms with Gasteiger partial charge in [-0.15, -0.1) is 0 Å². The van der Waals surface area contributed by atoms with Gasteiger partial charge in [0.25, 0.3) is 0 Å². The number of hydrogen-bond donors (Lipinski definition) is 3. The first-order valence-electron chi connectivity index (χ1n) is 6.88. The fourth-order valence-corrected chi connectivity index (χ4v) is 2.26. The number of carboxylic acid groups (broad SMARTS) is 2. The van der Waals surface area contributed by atoms with Crippen molar-refractivity contribution in [1.29, 1.82) is 0 Å². The molecule has 29 heavy (non-hydrogen) atoms. The summed E-state index contributed by atoms with van der Waals surface area (Å²) in [6, 6.07) is 3.50. The highest BCUT2D eigenvalue weighted by Gasteiger charge is 2.38. The van der Waals surface area contributed by atoms with Gasteiger partial charge in [-0.25, -0.2) is 27.0 Å². The van der Waals surface area contributed by atoms with Crippen LogP contribution < -0.4 is 5.73 Å². The van der Waals surface area contributed by atoms with Crippen molar-refractivity contribution in [2.75, 3.05) is 6.26 Å². The summed E-state index contributed by atoms with van der Waals surface area (Å²) in [4.78, 5) is 21.8. The van der Waals surface area contributed by atoms with Gasteiger partial charge in [0.1, 0.15) is 0 Å². The van der Waals surface area contributed by atoms with Gasteiger partial charge in [-0.3, -0.25) is 0 Å². The number of alkyl halides is 6. The van der Waals surface area contributed by atoms with E-state index >= 15 is 0 Å². The molecule has 164 valence electrons. The molecular formula is C13H13F6N3O6S. The second kappa shape index (κ2) is 9.55. The maximum absolute atomic E-state index is 11.4. The van der Waals surface area contributed by atoms with Crippen LogP contribution in [0.4, 0.5) is 26.3 Å². The average molecular weight is 453 g/mol. The van der Waals surface area contributed by atoms with E-state index in [9.17, 15) is 34.8 Å². The van der Waals surface area contributed by atoms with Gasteiger partial charge in [-0.05, 0) is 17.7 Å². The van der Waals surface area contributed by atoms with Gasteiger partial charge < -0.3 is 15.9 Å². The number of carbonyl (C=O) groups is 2. The smallest absolute Gasteiger partial charge is 0.475 e. The molecule has 0 atom stereocenters. The molecule has 2 heterocycles. The van der Waals surface area contributed by atoms with Gasteiger partial charge in [0.05, 0.1) is 6.26 Å². The highest BCUT2D eigenvalue weighted by Crippen LogP contribution is 2.18. The molecule has 0 radical (unpaired) electrons. The molecule has 0 aliphatic carbocycles. The van der Waals surface area contributed by atoms with Gasteiger partial charge in [-0.2, -0.15) is 26.3 Å². The van der Waals surface area contributed by atoms with Crippen LogP contribution in [0, 0.1) is 0 Å². The first-order chi connectivity index (χ1) is 12.9. The number of aromatic nitrogens is 2. The van der Waals surface area contributed by atoms with Crippen LogP contribution >= 0.6 is 0 Å². The van der Waals surface area contributed by atoms with E-state index in [-0.39, 0.29) is 0 Å². The monoisotopic (exact) mass is 453 g/mol. The summed E-state index contributed by atoms with van der Waals surface area (Å²) < 4.78 is 87.4. The minimum Gasteiger partial charge on any atom is -0.475 e. The topological polar surface area (TPSA) is 153 Å². The predicted molar refractivity (Wildman–Crippen MR) is 85.2 cm³/mol. The van der Waals surface area contributed by atoms with Gasteiger partial charge in [0.2, 0.25) is 10.0 Å². The molecule has 0 unspecified atom stereocenters. The normalized spacial score (nSPS) is 11.7. The molecule has 0 saturated carbocycles. The van der Waals surface area contributed by atoms with Crippen molar-refractivity contribution in [1.82, 2.24) is 8.96 Å². The van der Waals surface area contributed by atoms with E-state index in [0.29, 0.717) is 12.2 Å². The van der Waals surface area contributed by atoms with Crippen molar-refractivity contribution in [2.45, 2.75) is 18.9 Å². The van der Waals surface area contributed by atoms with E-state index in [4.69, 9.17) is 25.5 Å². The fraction of sp³-hybridized carbons (Fsp3) is 0.308. The van der Waals surface area contributed by atoms with Crippen LogP contribution in [0.25, 0.3) is 11.0 Å². The molecule has 2 rings (SSSR count). The van der Waals surface area contributed by atoms with Crippen LogP contribution in [0.3, 0.4) is 0 Å². The van der Waals surface area contributed by atoms with Crippen molar-refractivity contribution in [3.63, 3.8) is 0 Å². The Hall–Kier alpha value is -2.88. The molecule has 0 amide bonds. The Labute approximate surface area is 158 Å². The Bertz CT molecular complexity index is 944. The van der Waals surface area contributed by atoms with Crippen LogP contribution in [-0.4, -0.2) is 58.1 Å². The number of rotatable bonds is 2. The molecule has 0 aliphatic heterocycles. The second-order valence-electron chi connectivity index (χ2n) is 4.89. The van der Waals surface area contributed by atoms with Crippen molar-refractivity contribution in [2.24, 2.45) is 5.73 Å². The van der Waals surface area contributed by atoms with Crippen LogP contribution in [0.2, 0.25) is 0 Å². The summed E-state index contributed by atoms with van der Waals surface area (Å²) in [7, 11) is -3.30. The van der Waals surface area contributed by atoms with Crippen LogP contribution in [0.15, 0.2) is 24.5 Å². The second-order valence-corrected chi connectivity index (χ2v) is 6.75.